The summed E-state index contributed by atoms with van der Waals surface area (Å²) in [5, 5.41) is 2.55. The average molecular weight is 399 g/mol. The highest BCUT2D eigenvalue weighted by molar-refractivity contribution is 5.94. The normalized spacial score (nSPS) is 10.2. The number of nitrogens with one attached hydrogen (secondary N) is 1. The molecule has 8 nitrogen and oxygen atoms in total. The van der Waals surface area contributed by atoms with E-state index < -0.39 is 24.5 Å². The van der Waals surface area contributed by atoms with Gasteiger partial charge in [-0.15, -0.1) is 0 Å². The third kappa shape index (κ3) is 7.45. The highest BCUT2D eigenvalue weighted by atomic mass is 16.6. The lowest BCUT2D eigenvalue weighted by Crippen LogP contribution is -2.23. The van der Waals surface area contributed by atoms with Gasteiger partial charge in [0.1, 0.15) is 12.0 Å². The molecule has 29 heavy (non-hydrogen) atoms. The van der Waals surface area contributed by atoms with E-state index in [9.17, 15) is 19.2 Å². The second-order valence-corrected chi connectivity index (χ2v) is 6.22. The van der Waals surface area contributed by atoms with Crippen LogP contribution in [0.5, 0.6) is 5.75 Å². The summed E-state index contributed by atoms with van der Waals surface area (Å²) in [7, 11) is 0. The fraction of sp³-hybridized carbons (Fsp3) is 0.238. The third-order valence-corrected chi connectivity index (χ3v) is 3.48. The van der Waals surface area contributed by atoms with E-state index in [4.69, 9.17) is 14.2 Å². The van der Waals surface area contributed by atoms with E-state index in [-0.39, 0.29) is 12.7 Å². The van der Waals surface area contributed by atoms with Gasteiger partial charge in [0.15, 0.2) is 13.2 Å². The fourth-order valence-corrected chi connectivity index (χ4v) is 2.14. The van der Waals surface area contributed by atoms with Crippen molar-refractivity contribution < 1.29 is 33.4 Å². The second kappa shape index (κ2) is 10.6. The van der Waals surface area contributed by atoms with Gasteiger partial charge in [-0.05, 0) is 62.4 Å². The van der Waals surface area contributed by atoms with Crippen LogP contribution in [-0.2, 0) is 19.1 Å². The molecule has 2 aromatic rings. The molecular weight excluding hydrogens is 378 g/mol. The first-order valence-corrected chi connectivity index (χ1v) is 8.82. The van der Waals surface area contributed by atoms with Crippen LogP contribution in [0.1, 0.15) is 34.6 Å². The minimum Gasteiger partial charge on any atom is -0.482 e. The van der Waals surface area contributed by atoms with Crippen molar-refractivity contribution in [3.8, 4) is 5.75 Å². The van der Waals surface area contributed by atoms with E-state index >= 15 is 0 Å². The number of aldehydes is 1. The topological polar surface area (TPSA) is 108 Å². The first kappa shape index (κ1) is 21.6. The summed E-state index contributed by atoms with van der Waals surface area (Å²) in [5.74, 6) is -1.31. The van der Waals surface area contributed by atoms with Crippen LogP contribution >= 0.6 is 0 Å². The van der Waals surface area contributed by atoms with Crippen LogP contribution in [0.4, 0.5) is 5.69 Å². The predicted octanol–water partition coefficient (Wildman–Crippen LogP) is 2.63. The monoisotopic (exact) mass is 399 g/mol. The van der Waals surface area contributed by atoms with E-state index in [0.717, 1.165) is 0 Å². The van der Waals surface area contributed by atoms with Gasteiger partial charge in [0.25, 0.3) is 5.91 Å². The van der Waals surface area contributed by atoms with Crippen molar-refractivity contribution in [1.82, 2.24) is 0 Å². The largest absolute Gasteiger partial charge is 0.482 e. The number of hydrogen-bond acceptors (Lipinski definition) is 7. The lowest BCUT2D eigenvalue weighted by Gasteiger charge is -2.09. The highest BCUT2D eigenvalue weighted by Gasteiger charge is 2.11. The first-order chi connectivity index (χ1) is 13.9. The van der Waals surface area contributed by atoms with Gasteiger partial charge >= 0.3 is 11.9 Å². The van der Waals surface area contributed by atoms with Crippen molar-refractivity contribution in [3.05, 3.63) is 59.7 Å². The predicted molar refractivity (Wildman–Crippen MR) is 104 cm³/mol. The molecule has 0 fully saturated rings. The van der Waals surface area contributed by atoms with E-state index in [2.05, 4.69) is 5.32 Å². The molecule has 0 aliphatic rings. The number of esters is 2. The van der Waals surface area contributed by atoms with Gasteiger partial charge < -0.3 is 19.5 Å². The van der Waals surface area contributed by atoms with E-state index in [1.165, 1.54) is 12.1 Å². The number of amides is 1. The number of anilines is 1. The number of carbonyl (C=O) groups excluding carboxylic acids is 4. The smallest absolute Gasteiger partial charge is 0.344 e. The average Bonchev–Trinajstić information content (AvgIpc) is 2.71. The summed E-state index contributed by atoms with van der Waals surface area (Å²) in [6.45, 7) is 2.65. The molecule has 0 spiro atoms. The molecule has 0 atom stereocenters. The van der Waals surface area contributed by atoms with Crippen molar-refractivity contribution >= 4 is 29.8 Å². The molecule has 0 aliphatic heterocycles. The summed E-state index contributed by atoms with van der Waals surface area (Å²) in [6, 6.07) is 12.3. The molecule has 1 N–H and O–H groups in total. The maximum absolute atomic E-state index is 11.9. The standard InChI is InChI=1S/C21H21NO7/c1-14(2)29-21(26)16-5-7-17(8-6-16)22-19(24)12-28-20(25)13-27-18-9-3-15(11-23)4-10-18/h3-11,14H,12-13H2,1-2H3,(H,22,24). The molecule has 0 saturated heterocycles. The molecule has 0 radical (unpaired) electrons. The second-order valence-electron chi connectivity index (χ2n) is 6.22. The van der Waals surface area contributed by atoms with Gasteiger partial charge in [-0.25, -0.2) is 9.59 Å². The van der Waals surface area contributed by atoms with Crippen molar-refractivity contribution in [2.24, 2.45) is 0 Å². The van der Waals surface area contributed by atoms with Crippen molar-refractivity contribution in [2.45, 2.75) is 20.0 Å². The summed E-state index contributed by atoms with van der Waals surface area (Å²) in [6.07, 6.45) is 0.470. The van der Waals surface area contributed by atoms with Crippen LogP contribution in [0.3, 0.4) is 0 Å². The summed E-state index contributed by atoms with van der Waals surface area (Å²) in [4.78, 5) is 45.9. The maximum atomic E-state index is 11.9. The van der Waals surface area contributed by atoms with Crippen LogP contribution < -0.4 is 10.1 Å². The number of carbonyl (C=O) groups is 4. The van der Waals surface area contributed by atoms with Crippen LogP contribution in [-0.4, -0.2) is 43.4 Å². The zero-order valence-electron chi connectivity index (χ0n) is 16.0. The molecule has 1 amide bonds. The Morgan fingerprint density at radius 3 is 2.21 bits per heavy atom. The molecule has 2 rings (SSSR count). The number of hydrogen-bond donors (Lipinski definition) is 1. The zero-order valence-corrected chi connectivity index (χ0v) is 16.0. The van der Waals surface area contributed by atoms with Gasteiger partial charge in [-0.1, -0.05) is 0 Å². The Hall–Kier alpha value is -3.68. The molecule has 0 aromatic heterocycles. The SMILES string of the molecule is CC(C)OC(=O)c1ccc(NC(=O)COC(=O)COc2ccc(C=O)cc2)cc1. The fourth-order valence-electron chi connectivity index (χ4n) is 2.14. The van der Waals surface area contributed by atoms with E-state index in [0.29, 0.717) is 28.8 Å². The Kier molecular flexibility index (Phi) is 7.90. The molecule has 0 unspecified atom stereocenters. The molecule has 152 valence electrons. The molecule has 2 aromatic carbocycles. The zero-order chi connectivity index (χ0) is 21.2. The van der Waals surface area contributed by atoms with E-state index in [1.807, 2.05) is 0 Å². The molecule has 0 bridgehead atoms. The van der Waals surface area contributed by atoms with Crippen LogP contribution in [0, 0.1) is 0 Å². The molecule has 0 saturated carbocycles. The Bertz CT molecular complexity index is 858. The van der Waals surface area contributed by atoms with Crippen molar-refractivity contribution in [3.63, 3.8) is 0 Å². The molecule has 0 heterocycles. The number of ether oxygens (including phenoxy) is 3. The summed E-state index contributed by atoms with van der Waals surface area (Å²) in [5.41, 5.74) is 1.29. The summed E-state index contributed by atoms with van der Waals surface area (Å²) >= 11 is 0. The Balaban J connectivity index is 1.73. The molecule has 8 heteroatoms. The number of benzene rings is 2. The third-order valence-electron chi connectivity index (χ3n) is 3.48. The minimum atomic E-state index is -0.716. The Morgan fingerprint density at radius 1 is 0.966 bits per heavy atom. The van der Waals surface area contributed by atoms with Gasteiger partial charge in [-0.2, -0.15) is 0 Å². The van der Waals surface area contributed by atoms with Crippen molar-refractivity contribution in [1.29, 1.82) is 0 Å². The van der Waals surface area contributed by atoms with E-state index in [1.54, 1.807) is 50.2 Å². The first-order valence-electron chi connectivity index (χ1n) is 8.82. The lowest BCUT2D eigenvalue weighted by atomic mass is 10.2. The minimum absolute atomic E-state index is 0.226. The van der Waals surface area contributed by atoms with Crippen LogP contribution in [0.2, 0.25) is 0 Å². The molecular formula is C21H21NO7. The maximum Gasteiger partial charge on any atom is 0.344 e. The van der Waals surface area contributed by atoms with Crippen LogP contribution in [0.15, 0.2) is 48.5 Å². The van der Waals surface area contributed by atoms with Gasteiger partial charge in [0.2, 0.25) is 0 Å². The Morgan fingerprint density at radius 2 is 1.62 bits per heavy atom. The van der Waals surface area contributed by atoms with Gasteiger partial charge in [0.05, 0.1) is 11.7 Å². The van der Waals surface area contributed by atoms with Gasteiger partial charge in [0, 0.05) is 11.3 Å². The molecule has 0 aliphatic carbocycles. The van der Waals surface area contributed by atoms with Crippen LogP contribution in [0.25, 0.3) is 0 Å². The van der Waals surface area contributed by atoms with Gasteiger partial charge in [-0.3, -0.25) is 9.59 Å². The van der Waals surface area contributed by atoms with Crippen molar-refractivity contribution in [2.75, 3.05) is 18.5 Å². The highest BCUT2D eigenvalue weighted by Crippen LogP contribution is 2.12. The summed E-state index contributed by atoms with van der Waals surface area (Å²) < 4.78 is 15.1. The number of rotatable bonds is 9. The Labute approximate surface area is 167 Å². The quantitative estimate of drug-likeness (QED) is 0.510. The lowest BCUT2D eigenvalue weighted by molar-refractivity contribution is -0.149.